The maximum Gasteiger partial charge on any atom is 0.313 e. The Morgan fingerprint density at radius 2 is 1.69 bits per heavy atom. The quantitative estimate of drug-likeness (QED) is 0.341. The van der Waals surface area contributed by atoms with Gasteiger partial charge in [0.05, 0.1) is 20.7 Å². The molecule has 4 nitrogen and oxygen atoms in total. The Balaban J connectivity index is 1.64. The minimum Gasteiger partial charge on any atom is -0.466 e. The summed E-state index contributed by atoms with van der Waals surface area (Å²) < 4.78 is 7.85. The van der Waals surface area contributed by atoms with Crippen molar-refractivity contribution < 1.29 is 9.53 Å². The van der Waals surface area contributed by atoms with E-state index in [2.05, 4.69) is 52.7 Å². The minimum absolute atomic E-state index is 0.204. The third-order valence-electron chi connectivity index (χ3n) is 5.65. The summed E-state index contributed by atoms with van der Waals surface area (Å²) in [5.41, 5.74) is 4.56. The summed E-state index contributed by atoms with van der Waals surface area (Å²) in [6.45, 7) is 8.41. The molecule has 0 aromatic heterocycles. The molecule has 1 saturated heterocycles. The van der Waals surface area contributed by atoms with Gasteiger partial charge in [-0.2, -0.15) is 0 Å². The van der Waals surface area contributed by atoms with Crippen molar-refractivity contribution in [3.05, 3.63) is 102 Å². The van der Waals surface area contributed by atoms with Crippen molar-refractivity contribution in [2.45, 2.75) is 13.3 Å². The average molecular weight is 445 g/mol. The van der Waals surface area contributed by atoms with E-state index >= 15 is 0 Å². The van der Waals surface area contributed by atoms with E-state index in [1.54, 1.807) is 0 Å². The predicted octanol–water partition coefficient (Wildman–Crippen LogP) is 6.01. The molecule has 0 aliphatic carbocycles. The molecule has 1 N–H and O–H groups in total. The lowest BCUT2D eigenvalue weighted by atomic mass is 9.92. The lowest BCUT2D eigenvalue weighted by Crippen LogP contribution is -2.25. The molecule has 1 fully saturated rings. The summed E-state index contributed by atoms with van der Waals surface area (Å²) in [4.78, 5) is 13.1. The molecule has 2 atom stereocenters. The van der Waals surface area contributed by atoms with Gasteiger partial charge in [0.25, 0.3) is 0 Å². The zero-order valence-electron chi connectivity index (χ0n) is 18.4. The van der Waals surface area contributed by atoms with E-state index in [4.69, 9.17) is 4.74 Å². The monoisotopic (exact) mass is 444 g/mol. The summed E-state index contributed by atoms with van der Waals surface area (Å²) in [7, 11) is -0.901. The van der Waals surface area contributed by atoms with Crippen LogP contribution in [0.5, 0.6) is 0 Å². The van der Waals surface area contributed by atoms with Crippen LogP contribution < -0.4 is 9.76 Å². The number of hydrogen-bond donors (Lipinski definition) is 1. The summed E-state index contributed by atoms with van der Waals surface area (Å²) in [5.74, 6) is -0.618. The zero-order valence-corrected chi connectivity index (χ0v) is 19.3. The summed E-state index contributed by atoms with van der Waals surface area (Å²) in [5, 5.41) is 4.50. The molecule has 5 heteroatoms. The van der Waals surface area contributed by atoms with Crippen LogP contribution in [0.15, 0.2) is 96.8 Å². The fraction of sp³-hybridized carbons (Fsp3) is 0.222. The molecule has 0 radical (unpaired) electrons. The number of nitrogens with one attached hydrogen (secondary N) is 1. The van der Waals surface area contributed by atoms with Crippen LogP contribution in [0.25, 0.3) is 11.1 Å². The highest BCUT2D eigenvalue weighted by Crippen LogP contribution is 2.52. The number of esters is 1. The molecule has 0 spiro atoms. The number of rotatable bonds is 8. The number of carbonyl (C=O) groups is 1. The maximum absolute atomic E-state index is 13.1. The van der Waals surface area contributed by atoms with Crippen LogP contribution >= 0.6 is 8.22 Å². The molecule has 0 amide bonds. The molecule has 3 aromatic carbocycles. The molecule has 3 aromatic rings. The number of para-hydroxylation sites is 1. The Bertz CT molecular complexity index is 1060. The number of anilines is 1. The van der Waals surface area contributed by atoms with Crippen molar-refractivity contribution in [2.75, 3.05) is 24.4 Å². The first-order valence-electron chi connectivity index (χ1n) is 11.0. The third kappa shape index (κ3) is 4.93. The molecule has 0 bridgehead atoms. The molecule has 164 valence electrons. The number of nitrogens with zero attached hydrogens (tertiary/aromatic N) is 1. The highest BCUT2D eigenvalue weighted by Gasteiger charge is 2.35. The van der Waals surface area contributed by atoms with E-state index in [0.717, 1.165) is 40.8 Å². The Kier molecular flexibility index (Phi) is 7.36. The topological polar surface area (TPSA) is 41.6 Å². The van der Waals surface area contributed by atoms with Crippen LogP contribution in [-0.4, -0.2) is 25.7 Å². The molecule has 1 aliphatic rings. The van der Waals surface area contributed by atoms with Crippen molar-refractivity contribution >= 4 is 19.9 Å². The standard InChI is InChI=1S/C27H29N2O2P/c1-3-31-27(30)26(20-23-14-10-11-17-25(23)22-12-6-4-7-13-22)21(2)32-28-18-19-29(32)24-15-8-5-9-16-24/h4-17,26,28H,2-3,18-20H2,1H3. The van der Waals surface area contributed by atoms with Crippen LogP contribution in [0.1, 0.15) is 12.5 Å². The molecule has 0 saturated carbocycles. The van der Waals surface area contributed by atoms with E-state index in [9.17, 15) is 4.79 Å². The molecule has 1 aliphatic heterocycles. The van der Waals surface area contributed by atoms with Gasteiger partial charge in [-0.1, -0.05) is 79.4 Å². The zero-order chi connectivity index (χ0) is 22.3. The Morgan fingerprint density at radius 1 is 1.03 bits per heavy atom. The maximum atomic E-state index is 13.1. The summed E-state index contributed by atoms with van der Waals surface area (Å²) in [6, 6.07) is 28.9. The second-order valence-electron chi connectivity index (χ2n) is 7.70. The highest BCUT2D eigenvalue weighted by atomic mass is 31.1. The third-order valence-corrected chi connectivity index (χ3v) is 7.95. The largest absolute Gasteiger partial charge is 0.466 e. The normalized spacial score (nSPS) is 16.5. The van der Waals surface area contributed by atoms with Crippen molar-refractivity contribution in [1.82, 2.24) is 5.09 Å². The van der Waals surface area contributed by atoms with E-state index in [0.29, 0.717) is 13.0 Å². The number of carbonyl (C=O) groups excluding carboxylic acids is 1. The molecular weight excluding hydrogens is 415 g/mol. The van der Waals surface area contributed by atoms with E-state index in [1.807, 2.05) is 55.5 Å². The van der Waals surface area contributed by atoms with Crippen LogP contribution in [0.3, 0.4) is 0 Å². The van der Waals surface area contributed by atoms with Gasteiger partial charge < -0.3 is 9.41 Å². The number of hydrogen-bond acceptors (Lipinski definition) is 4. The van der Waals surface area contributed by atoms with Crippen LogP contribution in [0, 0.1) is 5.92 Å². The van der Waals surface area contributed by atoms with E-state index < -0.39 is 14.1 Å². The van der Waals surface area contributed by atoms with Crippen LogP contribution in [-0.2, 0) is 16.0 Å². The minimum atomic E-state index is -0.901. The van der Waals surface area contributed by atoms with E-state index in [-0.39, 0.29) is 5.97 Å². The lowest BCUT2D eigenvalue weighted by molar-refractivity contribution is -0.146. The van der Waals surface area contributed by atoms with Crippen molar-refractivity contribution in [1.29, 1.82) is 0 Å². The van der Waals surface area contributed by atoms with Gasteiger partial charge in [-0.05, 0) is 47.5 Å². The molecule has 32 heavy (non-hydrogen) atoms. The van der Waals surface area contributed by atoms with Gasteiger partial charge in [-0.25, -0.2) is 0 Å². The van der Waals surface area contributed by atoms with Gasteiger partial charge in [-0.15, -0.1) is 0 Å². The second kappa shape index (κ2) is 10.6. The SMILES string of the molecule is C=C(C(Cc1ccccc1-c1ccccc1)C(=O)OCC)P1NCCN1c1ccccc1. The molecule has 1 heterocycles. The lowest BCUT2D eigenvalue weighted by Gasteiger charge is -2.30. The first-order valence-corrected chi connectivity index (χ1v) is 12.3. The Labute approximate surface area is 191 Å². The van der Waals surface area contributed by atoms with Gasteiger partial charge >= 0.3 is 5.97 Å². The van der Waals surface area contributed by atoms with Gasteiger partial charge in [0.15, 0.2) is 0 Å². The first kappa shape index (κ1) is 22.3. The fourth-order valence-corrected chi connectivity index (χ4v) is 6.25. The fourth-order valence-electron chi connectivity index (χ4n) is 4.09. The molecule has 4 rings (SSSR count). The molecule has 2 unspecified atom stereocenters. The summed E-state index contributed by atoms with van der Waals surface area (Å²) in [6.07, 6.45) is 0.561. The average Bonchev–Trinajstić information content (AvgIpc) is 3.34. The van der Waals surface area contributed by atoms with Crippen molar-refractivity contribution in [3.8, 4) is 11.1 Å². The Morgan fingerprint density at radius 3 is 2.41 bits per heavy atom. The van der Waals surface area contributed by atoms with Gasteiger partial charge in [-0.3, -0.25) is 9.88 Å². The first-order chi connectivity index (χ1) is 15.7. The van der Waals surface area contributed by atoms with Gasteiger partial charge in [0.2, 0.25) is 0 Å². The van der Waals surface area contributed by atoms with E-state index in [1.165, 1.54) is 0 Å². The molecular formula is C27H29N2O2P. The smallest absolute Gasteiger partial charge is 0.313 e. The second-order valence-corrected chi connectivity index (χ2v) is 9.70. The van der Waals surface area contributed by atoms with Gasteiger partial charge in [0, 0.05) is 18.8 Å². The number of benzene rings is 3. The van der Waals surface area contributed by atoms with Crippen LogP contribution in [0.2, 0.25) is 0 Å². The van der Waals surface area contributed by atoms with Crippen molar-refractivity contribution in [3.63, 3.8) is 0 Å². The van der Waals surface area contributed by atoms with Crippen molar-refractivity contribution in [2.24, 2.45) is 5.92 Å². The predicted molar refractivity (Wildman–Crippen MR) is 134 cm³/mol. The Hall–Kier alpha value is -2.94. The van der Waals surface area contributed by atoms with Gasteiger partial charge in [0.1, 0.15) is 0 Å². The number of ether oxygens (including phenoxy) is 1. The van der Waals surface area contributed by atoms with Crippen LogP contribution in [0.4, 0.5) is 5.69 Å². The highest BCUT2D eigenvalue weighted by molar-refractivity contribution is 7.62. The summed E-state index contributed by atoms with van der Waals surface area (Å²) >= 11 is 0.